The molecule has 3 rings (SSSR count). The summed E-state index contributed by atoms with van der Waals surface area (Å²) in [6.45, 7) is 9.08. The molecule has 5 nitrogen and oxygen atoms in total. The summed E-state index contributed by atoms with van der Waals surface area (Å²) in [7, 11) is 0. The van der Waals surface area contributed by atoms with Crippen LogP contribution in [0.3, 0.4) is 0 Å². The van der Waals surface area contributed by atoms with Crippen LogP contribution in [0.1, 0.15) is 50.7 Å². The molecule has 0 bridgehead atoms. The molecule has 5 heteroatoms. The van der Waals surface area contributed by atoms with Crippen molar-refractivity contribution in [2.75, 3.05) is 26.2 Å². The van der Waals surface area contributed by atoms with Gasteiger partial charge in [-0.15, -0.1) is 0 Å². The van der Waals surface area contributed by atoms with Gasteiger partial charge in [0, 0.05) is 33.1 Å². The predicted molar refractivity (Wildman–Crippen MR) is 107 cm³/mol. The summed E-state index contributed by atoms with van der Waals surface area (Å²) in [6, 6.07) is 8.42. The van der Waals surface area contributed by atoms with E-state index in [1.54, 1.807) is 11.8 Å². The summed E-state index contributed by atoms with van der Waals surface area (Å²) < 4.78 is 0. The molecule has 27 heavy (non-hydrogen) atoms. The molecule has 2 aliphatic heterocycles. The van der Waals surface area contributed by atoms with E-state index in [2.05, 4.69) is 35.3 Å². The number of amides is 2. The first-order valence-electron chi connectivity index (χ1n) is 10.4. The van der Waals surface area contributed by atoms with Gasteiger partial charge in [0.15, 0.2) is 0 Å². The van der Waals surface area contributed by atoms with Gasteiger partial charge in [-0.2, -0.15) is 0 Å². The quantitative estimate of drug-likeness (QED) is 0.866. The van der Waals surface area contributed by atoms with Gasteiger partial charge in [-0.05, 0) is 55.8 Å². The number of likely N-dealkylation sites (tertiary alicyclic amines) is 2. The molecule has 1 aromatic carbocycles. The Kier molecular flexibility index (Phi) is 6.89. The molecule has 148 valence electrons. The zero-order valence-electron chi connectivity index (χ0n) is 16.7. The molecule has 0 saturated carbocycles. The van der Waals surface area contributed by atoms with E-state index in [1.165, 1.54) is 24.0 Å². The van der Waals surface area contributed by atoms with Crippen LogP contribution in [0.5, 0.6) is 0 Å². The second-order valence-electron chi connectivity index (χ2n) is 8.25. The Morgan fingerprint density at radius 3 is 2.48 bits per heavy atom. The molecule has 1 atom stereocenters. The maximum Gasteiger partial charge on any atom is 0.225 e. The molecule has 2 amide bonds. The lowest BCUT2D eigenvalue weighted by molar-refractivity contribution is -0.134. The zero-order valence-corrected chi connectivity index (χ0v) is 16.7. The number of hydrogen-bond donors (Lipinski definition) is 1. The van der Waals surface area contributed by atoms with Crippen molar-refractivity contribution in [2.24, 2.45) is 11.8 Å². The third-order valence-corrected chi connectivity index (χ3v) is 6.08. The highest BCUT2D eigenvalue weighted by molar-refractivity contribution is 5.80. The largest absolute Gasteiger partial charge is 0.352 e. The Morgan fingerprint density at radius 2 is 1.78 bits per heavy atom. The molecule has 0 spiro atoms. The Hall–Kier alpha value is -1.88. The van der Waals surface area contributed by atoms with Crippen molar-refractivity contribution >= 4 is 11.8 Å². The number of rotatable bonds is 5. The van der Waals surface area contributed by atoms with E-state index in [-0.39, 0.29) is 17.7 Å². The number of carbonyl (C=O) groups is 2. The number of hydrogen-bond acceptors (Lipinski definition) is 3. The van der Waals surface area contributed by atoms with Gasteiger partial charge >= 0.3 is 0 Å². The summed E-state index contributed by atoms with van der Waals surface area (Å²) in [6.07, 6.45) is 4.31. The first-order valence-corrected chi connectivity index (χ1v) is 10.4. The van der Waals surface area contributed by atoms with Gasteiger partial charge in [0.2, 0.25) is 11.8 Å². The van der Waals surface area contributed by atoms with Gasteiger partial charge < -0.3 is 10.2 Å². The third kappa shape index (κ3) is 5.55. The third-order valence-electron chi connectivity index (χ3n) is 6.08. The summed E-state index contributed by atoms with van der Waals surface area (Å²) >= 11 is 0. The fraction of sp³-hybridized carbons (Fsp3) is 0.636. The maximum absolute atomic E-state index is 12.6. The smallest absolute Gasteiger partial charge is 0.225 e. The lowest BCUT2D eigenvalue weighted by Crippen LogP contribution is -2.44. The molecule has 2 saturated heterocycles. The summed E-state index contributed by atoms with van der Waals surface area (Å²) in [5, 5.41) is 3.12. The highest BCUT2D eigenvalue weighted by Gasteiger charge is 2.27. The second-order valence-corrected chi connectivity index (χ2v) is 8.25. The molecule has 0 aliphatic carbocycles. The minimum atomic E-state index is -0.0848. The van der Waals surface area contributed by atoms with Crippen molar-refractivity contribution in [3.05, 3.63) is 35.4 Å². The SMILES string of the molecule is CC(=O)N1CCC[C@@H](C(=O)NCc2ccccc2CN2CCC(C)CC2)C1. The van der Waals surface area contributed by atoms with Crippen LogP contribution in [-0.2, 0) is 22.7 Å². The Labute approximate surface area is 163 Å². The van der Waals surface area contributed by atoms with Crippen LogP contribution in [0.15, 0.2) is 24.3 Å². The maximum atomic E-state index is 12.6. The van der Waals surface area contributed by atoms with Gasteiger partial charge in [-0.1, -0.05) is 31.2 Å². The van der Waals surface area contributed by atoms with E-state index in [9.17, 15) is 9.59 Å². The standard InChI is InChI=1S/C22H33N3O2/c1-17-9-12-24(13-10-17)15-20-7-4-3-6-19(20)14-23-22(27)21-8-5-11-25(16-21)18(2)26/h3-4,6-7,17,21H,5,8-16H2,1-2H3,(H,23,27)/t21-/m1/s1. The molecule has 0 unspecified atom stereocenters. The topological polar surface area (TPSA) is 52.7 Å². The molecule has 0 aromatic heterocycles. The molecular weight excluding hydrogens is 338 g/mol. The molecule has 2 aliphatic rings. The number of benzene rings is 1. The summed E-state index contributed by atoms with van der Waals surface area (Å²) in [5.74, 6) is 0.885. The van der Waals surface area contributed by atoms with Crippen molar-refractivity contribution in [3.8, 4) is 0 Å². The number of piperidine rings is 2. The van der Waals surface area contributed by atoms with E-state index in [4.69, 9.17) is 0 Å². The molecule has 0 radical (unpaired) electrons. The van der Waals surface area contributed by atoms with Crippen molar-refractivity contribution in [3.63, 3.8) is 0 Å². The molecule has 2 heterocycles. The zero-order chi connectivity index (χ0) is 19.2. The Bertz CT molecular complexity index is 653. The van der Waals surface area contributed by atoms with E-state index < -0.39 is 0 Å². The van der Waals surface area contributed by atoms with Crippen LogP contribution in [0.4, 0.5) is 0 Å². The monoisotopic (exact) mass is 371 g/mol. The molecular formula is C22H33N3O2. The molecule has 1 aromatic rings. The van der Waals surface area contributed by atoms with Gasteiger partial charge in [-0.3, -0.25) is 14.5 Å². The molecule has 1 N–H and O–H groups in total. The predicted octanol–water partition coefficient (Wildman–Crippen LogP) is 2.79. The summed E-state index contributed by atoms with van der Waals surface area (Å²) in [4.78, 5) is 28.5. The average Bonchev–Trinajstić information content (AvgIpc) is 2.69. The van der Waals surface area contributed by atoms with Crippen LogP contribution < -0.4 is 5.32 Å². The Morgan fingerprint density at radius 1 is 1.07 bits per heavy atom. The minimum Gasteiger partial charge on any atom is -0.352 e. The normalized spacial score (nSPS) is 21.9. The minimum absolute atomic E-state index is 0.0636. The van der Waals surface area contributed by atoms with E-state index in [0.29, 0.717) is 13.1 Å². The van der Waals surface area contributed by atoms with Crippen LogP contribution in [0.2, 0.25) is 0 Å². The first-order chi connectivity index (χ1) is 13.0. The fourth-order valence-electron chi connectivity index (χ4n) is 4.15. The average molecular weight is 372 g/mol. The van der Waals surface area contributed by atoms with Gasteiger partial charge in [0.1, 0.15) is 0 Å². The van der Waals surface area contributed by atoms with Crippen LogP contribution >= 0.6 is 0 Å². The summed E-state index contributed by atoms with van der Waals surface area (Å²) in [5.41, 5.74) is 2.50. The number of nitrogens with one attached hydrogen (secondary N) is 1. The van der Waals surface area contributed by atoms with Crippen molar-refractivity contribution in [1.29, 1.82) is 0 Å². The van der Waals surface area contributed by atoms with Crippen molar-refractivity contribution < 1.29 is 9.59 Å². The van der Waals surface area contributed by atoms with Crippen LogP contribution in [0.25, 0.3) is 0 Å². The highest BCUT2D eigenvalue weighted by Crippen LogP contribution is 2.20. The van der Waals surface area contributed by atoms with Gasteiger partial charge in [0.25, 0.3) is 0 Å². The van der Waals surface area contributed by atoms with Crippen molar-refractivity contribution in [1.82, 2.24) is 15.1 Å². The van der Waals surface area contributed by atoms with Crippen LogP contribution in [-0.4, -0.2) is 47.8 Å². The van der Waals surface area contributed by atoms with Crippen LogP contribution in [0, 0.1) is 11.8 Å². The lowest BCUT2D eigenvalue weighted by Gasteiger charge is -2.31. The van der Waals surface area contributed by atoms with Gasteiger partial charge in [-0.25, -0.2) is 0 Å². The van der Waals surface area contributed by atoms with E-state index in [1.807, 2.05) is 6.07 Å². The highest BCUT2D eigenvalue weighted by atomic mass is 16.2. The number of nitrogens with zero attached hydrogens (tertiary/aromatic N) is 2. The van der Waals surface area contributed by atoms with E-state index in [0.717, 1.165) is 44.9 Å². The Balaban J connectivity index is 1.54. The molecule has 2 fully saturated rings. The number of carbonyl (C=O) groups excluding carboxylic acids is 2. The van der Waals surface area contributed by atoms with Gasteiger partial charge in [0.05, 0.1) is 5.92 Å². The second kappa shape index (κ2) is 9.36. The fourth-order valence-corrected chi connectivity index (χ4v) is 4.15. The lowest BCUT2D eigenvalue weighted by atomic mass is 9.96. The first kappa shape index (κ1) is 19.9. The van der Waals surface area contributed by atoms with Crippen molar-refractivity contribution in [2.45, 2.75) is 52.6 Å². The van der Waals surface area contributed by atoms with E-state index >= 15 is 0 Å².